The van der Waals surface area contributed by atoms with Crippen LogP contribution in [0.4, 0.5) is 5.69 Å². The van der Waals surface area contributed by atoms with E-state index >= 15 is 0 Å². The zero-order valence-electron chi connectivity index (χ0n) is 11.7. The molecule has 7 heteroatoms. The van der Waals surface area contributed by atoms with Gasteiger partial charge in [0, 0.05) is 18.0 Å². The third-order valence-corrected chi connectivity index (χ3v) is 3.08. The molecule has 112 valence electrons. The minimum atomic E-state index is -0.881. The quantitative estimate of drug-likeness (QED) is 0.517. The maximum absolute atomic E-state index is 11.8. The van der Waals surface area contributed by atoms with Gasteiger partial charge < -0.3 is 5.32 Å². The summed E-state index contributed by atoms with van der Waals surface area (Å²) in [7, 11) is 0. The second kappa shape index (κ2) is 7.33. The Bertz CT molecular complexity index is 716. The van der Waals surface area contributed by atoms with Crippen molar-refractivity contribution in [3.8, 4) is 0 Å². The summed E-state index contributed by atoms with van der Waals surface area (Å²) in [4.78, 5) is 27.3. The highest BCUT2D eigenvalue weighted by molar-refractivity contribution is 6.41. The van der Waals surface area contributed by atoms with Gasteiger partial charge in [-0.1, -0.05) is 23.7 Å². The number of carbonyl (C=O) groups excluding carboxylic acids is 2. The van der Waals surface area contributed by atoms with Crippen molar-refractivity contribution in [1.82, 2.24) is 10.4 Å². The number of anilines is 1. The number of benzene rings is 1. The fourth-order valence-corrected chi connectivity index (χ4v) is 1.77. The maximum Gasteiger partial charge on any atom is 0.329 e. The van der Waals surface area contributed by atoms with E-state index in [1.165, 1.54) is 0 Å². The molecule has 0 bridgehead atoms. The largest absolute Gasteiger partial charge is 0.329 e. The van der Waals surface area contributed by atoms with E-state index in [1.807, 2.05) is 0 Å². The molecule has 0 fully saturated rings. The predicted molar refractivity (Wildman–Crippen MR) is 84.7 cm³/mol. The number of nitrogens with one attached hydrogen (secondary N) is 2. The first-order valence-corrected chi connectivity index (χ1v) is 6.76. The monoisotopic (exact) mass is 316 g/mol. The Hall–Kier alpha value is -2.73. The fraction of sp³-hybridized carbons (Fsp3) is 0.0667. The zero-order valence-corrected chi connectivity index (χ0v) is 12.5. The van der Waals surface area contributed by atoms with Crippen LogP contribution in [0.15, 0.2) is 53.9 Å². The number of carbonyl (C=O) groups is 2. The molecule has 0 spiro atoms. The van der Waals surface area contributed by atoms with Gasteiger partial charge in [0.2, 0.25) is 0 Å². The smallest absolute Gasteiger partial charge is 0.316 e. The third-order valence-electron chi connectivity index (χ3n) is 2.75. The number of nitrogens with zero attached hydrogens (tertiary/aromatic N) is 2. The number of para-hydroxylation sites is 1. The fourth-order valence-electron chi connectivity index (χ4n) is 1.58. The van der Waals surface area contributed by atoms with Crippen molar-refractivity contribution in [1.29, 1.82) is 0 Å². The van der Waals surface area contributed by atoms with Crippen molar-refractivity contribution >= 4 is 34.8 Å². The molecule has 0 aliphatic carbocycles. The Labute approximate surface area is 132 Å². The van der Waals surface area contributed by atoms with E-state index < -0.39 is 11.8 Å². The van der Waals surface area contributed by atoms with Crippen LogP contribution in [0.3, 0.4) is 0 Å². The van der Waals surface area contributed by atoms with E-state index in [9.17, 15) is 9.59 Å². The molecule has 2 rings (SSSR count). The zero-order chi connectivity index (χ0) is 15.9. The highest BCUT2D eigenvalue weighted by Gasteiger charge is 2.14. The van der Waals surface area contributed by atoms with Crippen LogP contribution in [0.5, 0.6) is 0 Å². The van der Waals surface area contributed by atoms with Crippen LogP contribution in [0, 0.1) is 0 Å². The molecule has 1 heterocycles. The average Bonchev–Trinajstić information content (AvgIpc) is 2.55. The number of hydrazone groups is 1. The van der Waals surface area contributed by atoms with Crippen LogP contribution >= 0.6 is 11.6 Å². The van der Waals surface area contributed by atoms with Crippen LogP contribution in [-0.4, -0.2) is 22.5 Å². The van der Waals surface area contributed by atoms with Crippen LogP contribution in [0.25, 0.3) is 0 Å². The number of halogens is 1. The van der Waals surface area contributed by atoms with E-state index in [0.29, 0.717) is 16.4 Å². The van der Waals surface area contributed by atoms with Crippen molar-refractivity contribution in [2.45, 2.75) is 6.92 Å². The van der Waals surface area contributed by atoms with Gasteiger partial charge in [-0.3, -0.25) is 14.6 Å². The Morgan fingerprint density at radius 1 is 1.09 bits per heavy atom. The standard InChI is InChI=1S/C15H13ClN4O2/c1-10(11-6-8-17-9-7-11)19-20-15(22)14(21)18-13-5-3-2-4-12(13)16/h2-9H,1H3,(H,18,21)(H,20,22). The lowest BCUT2D eigenvalue weighted by Gasteiger charge is -2.06. The first-order valence-electron chi connectivity index (χ1n) is 6.38. The van der Waals surface area contributed by atoms with Gasteiger partial charge in [-0.05, 0) is 31.2 Å². The number of rotatable bonds is 3. The van der Waals surface area contributed by atoms with Crippen LogP contribution in [0.1, 0.15) is 12.5 Å². The summed E-state index contributed by atoms with van der Waals surface area (Å²) in [5, 5.41) is 6.63. The normalized spacial score (nSPS) is 10.9. The molecule has 1 aromatic heterocycles. The number of hydrogen-bond acceptors (Lipinski definition) is 4. The molecular formula is C15H13ClN4O2. The molecule has 22 heavy (non-hydrogen) atoms. The number of hydrogen-bond donors (Lipinski definition) is 2. The molecule has 0 saturated carbocycles. The van der Waals surface area contributed by atoms with Gasteiger partial charge in [-0.2, -0.15) is 5.10 Å². The van der Waals surface area contributed by atoms with Crippen molar-refractivity contribution in [2.24, 2.45) is 5.10 Å². The molecule has 2 amide bonds. The minimum absolute atomic E-state index is 0.347. The van der Waals surface area contributed by atoms with Gasteiger partial charge in [-0.25, -0.2) is 5.43 Å². The van der Waals surface area contributed by atoms with Crippen molar-refractivity contribution in [2.75, 3.05) is 5.32 Å². The lowest BCUT2D eigenvalue weighted by atomic mass is 10.2. The number of aromatic nitrogens is 1. The first-order chi connectivity index (χ1) is 10.6. The molecule has 0 unspecified atom stereocenters. The molecule has 6 nitrogen and oxygen atoms in total. The van der Waals surface area contributed by atoms with Crippen LogP contribution in [-0.2, 0) is 9.59 Å². The van der Waals surface area contributed by atoms with Gasteiger partial charge in [0.25, 0.3) is 0 Å². The van der Waals surface area contributed by atoms with E-state index in [0.717, 1.165) is 5.56 Å². The SMILES string of the molecule is CC(=NNC(=O)C(=O)Nc1ccccc1Cl)c1ccncc1. The van der Waals surface area contributed by atoms with Crippen molar-refractivity contribution in [3.05, 3.63) is 59.4 Å². The second-order valence-corrected chi connectivity index (χ2v) is 4.72. The number of pyridine rings is 1. The van der Waals surface area contributed by atoms with Gasteiger partial charge in [0.05, 0.1) is 16.4 Å². The van der Waals surface area contributed by atoms with E-state index in [1.54, 1.807) is 55.7 Å². The molecule has 0 aliphatic heterocycles. The van der Waals surface area contributed by atoms with Crippen molar-refractivity contribution in [3.63, 3.8) is 0 Å². The molecule has 0 saturated heterocycles. The lowest BCUT2D eigenvalue weighted by Crippen LogP contribution is -2.33. The average molecular weight is 317 g/mol. The maximum atomic E-state index is 11.8. The highest BCUT2D eigenvalue weighted by Crippen LogP contribution is 2.20. The summed E-state index contributed by atoms with van der Waals surface area (Å²) in [6.45, 7) is 1.71. The lowest BCUT2D eigenvalue weighted by molar-refractivity contribution is -0.136. The molecule has 0 radical (unpaired) electrons. The Kier molecular flexibility index (Phi) is 5.21. The first kappa shape index (κ1) is 15.7. The van der Waals surface area contributed by atoms with Crippen LogP contribution < -0.4 is 10.7 Å². The van der Waals surface area contributed by atoms with Gasteiger partial charge >= 0.3 is 11.8 Å². The predicted octanol–water partition coefficient (Wildman–Crippen LogP) is 2.21. The van der Waals surface area contributed by atoms with E-state index in [-0.39, 0.29) is 0 Å². The summed E-state index contributed by atoms with van der Waals surface area (Å²) >= 11 is 5.90. The second-order valence-electron chi connectivity index (χ2n) is 4.31. The Balaban J connectivity index is 1.97. The van der Waals surface area contributed by atoms with Gasteiger partial charge in [-0.15, -0.1) is 0 Å². The molecular weight excluding hydrogens is 304 g/mol. The molecule has 0 atom stereocenters. The number of amides is 2. The topological polar surface area (TPSA) is 83.5 Å². The minimum Gasteiger partial charge on any atom is -0.316 e. The Morgan fingerprint density at radius 3 is 2.45 bits per heavy atom. The molecule has 1 aromatic carbocycles. The summed E-state index contributed by atoms with van der Waals surface area (Å²) in [6.07, 6.45) is 3.22. The van der Waals surface area contributed by atoms with Crippen molar-refractivity contribution < 1.29 is 9.59 Å². The summed E-state index contributed by atoms with van der Waals surface area (Å²) in [5.41, 5.74) is 3.90. The van der Waals surface area contributed by atoms with Gasteiger partial charge in [0.15, 0.2) is 0 Å². The third kappa shape index (κ3) is 4.13. The van der Waals surface area contributed by atoms with E-state index in [2.05, 4.69) is 20.8 Å². The highest BCUT2D eigenvalue weighted by atomic mass is 35.5. The van der Waals surface area contributed by atoms with Crippen LogP contribution in [0.2, 0.25) is 5.02 Å². The van der Waals surface area contributed by atoms with Gasteiger partial charge in [0.1, 0.15) is 0 Å². The summed E-state index contributed by atoms with van der Waals surface area (Å²) in [5.74, 6) is -1.73. The molecule has 0 aliphatic rings. The summed E-state index contributed by atoms with van der Waals surface area (Å²) < 4.78 is 0. The van der Waals surface area contributed by atoms with E-state index in [4.69, 9.17) is 11.6 Å². The summed E-state index contributed by atoms with van der Waals surface area (Å²) in [6, 6.07) is 10.1. The Morgan fingerprint density at radius 2 is 1.77 bits per heavy atom. The molecule has 2 aromatic rings. The molecule has 2 N–H and O–H groups in total.